The number of nitrogens with one attached hydrogen (secondary N) is 1. The van der Waals surface area contributed by atoms with Gasteiger partial charge in [0.05, 0.1) is 4.92 Å². The van der Waals surface area contributed by atoms with Crippen LogP contribution in [0, 0.1) is 10.1 Å². The van der Waals surface area contributed by atoms with Gasteiger partial charge in [-0.15, -0.1) is 0 Å². The topological polar surface area (TPSA) is 105 Å². The van der Waals surface area contributed by atoms with E-state index in [-0.39, 0.29) is 23.9 Å². The van der Waals surface area contributed by atoms with E-state index in [9.17, 15) is 19.7 Å². The van der Waals surface area contributed by atoms with Gasteiger partial charge < -0.3 is 19.9 Å². The van der Waals surface area contributed by atoms with Gasteiger partial charge in [-0.2, -0.15) is 0 Å². The van der Waals surface area contributed by atoms with Crippen molar-refractivity contribution in [2.75, 3.05) is 25.0 Å². The van der Waals surface area contributed by atoms with Crippen LogP contribution in [0.2, 0.25) is 0 Å². The lowest BCUT2D eigenvalue weighted by Gasteiger charge is -2.40. The quantitative estimate of drug-likeness (QED) is 0.641. The van der Waals surface area contributed by atoms with Crippen LogP contribution in [0.4, 0.5) is 21.0 Å². The molecule has 0 bridgehead atoms. The number of hydrogen-bond donors (Lipinski definition) is 1. The summed E-state index contributed by atoms with van der Waals surface area (Å²) >= 11 is 0. The molecule has 0 saturated carbocycles. The minimum Gasteiger partial charge on any atom is -0.444 e. The molecule has 1 saturated heterocycles. The van der Waals surface area contributed by atoms with Gasteiger partial charge in [0.1, 0.15) is 5.60 Å². The molecular weight excluding hydrogens is 340 g/mol. The molecule has 2 rings (SSSR count). The number of anilines is 1. The minimum atomic E-state index is -0.565. The van der Waals surface area contributed by atoms with Gasteiger partial charge in [-0.25, -0.2) is 9.59 Å². The zero-order valence-electron chi connectivity index (χ0n) is 15.4. The Labute approximate surface area is 152 Å². The molecule has 0 radical (unpaired) electrons. The first-order valence-corrected chi connectivity index (χ1v) is 8.37. The molecule has 1 heterocycles. The number of nitro groups is 1. The van der Waals surface area contributed by atoms with Gasteiger partial charge in [-0.3, -0.25) is 10.1 Å². The van der Waals surface area contributed by atoms with Crippen molar-refractivity contribution in [3.05, 3.63) is 34.4 Å². The van der Waals surface area contributed by atoms with Crippen molar-refractivity contribution in [3.8, 4) is 0 Å². The number of benzene rings is 1. The minimum absolute atomic E-state index is 0.0395. The average Bonchev–Trinajstić information content (AvgIpc) is 2.53. The van der Waals surface area contributed by atoms with E-state index in [0.717, 1.165) is 0 Å². The van der Waals surface area contributed by atoms with E-state index in [2.05, 4.69) is 5.32 Å². The lowest BCUT2D eigenvalue weighted by molar-refractivity contribution is -0.384. The Morgan fingerprint density at radius 3 is 2.35 bits per heavy atom. The molecule has 1 fully saturated rings. The van der Waals surface area contributed by atoms with E-state index in [0.29, 0.717) is 25.3 Å². The maximum absolute atomic E-state index is 12.4. The standard InChI is InChI=1S/C17H24N4O5/c1-12-11-19(16(23)26-17(2,3)4)9-10-20(12)15(22)18-13-5-7-14(8-6-13)21(24)25/h5-8,12H,9-11H2,1-4H3,(H,18,22). The summed E-state index contributed by atoms with van der Waals surface area (Å²) < 4.78 is 5.36. The van der Waals surface area contributed by atoms with Crippen molar-refractivity contribution < 1.29 is 19.2 Å². The van der Waals surface area contributed by atoms with Gasteiger partial charge in [-0.1, -0.05) is 0 Å². The number of carbonyl (C=O) groups excluding carboxylic acids is 2. The summed E-state index contributed by atoms with van der Waals surface area (Å²) in [6.45, 7) is 8.41. The number of rotatable bonds is 2. The number of hydrogen-bond acceptors (Lipinski definition) is 5. The summed E-state index contributed by atoms with van der Waals surface area (Å²) in [6, 6.07) is 5.14. The molecule has 1 aliphatic rings. The summed E-state index contributed by atoms with van der Waals surface area (Å²) in [5.41, 5.74) is -0.130. The highest BCUT2D eigenvalue weighted by Crippen LogP contribution is 2.18. The third kappa shape index (κ3) is 5.08. The Kier molecular flexibility index (Phi) is 5.69. The van der Waals surface area contributed by atoms with Gasteiger partial charge >= 0.3 is 12.1 Å². The monoisotopic (exact) mass is 364 g/mol. The van der Waals surface area contributed by atoms with E-state index >= 15 is 0 Å². The maximum atomic E-state index is 12.4. The number of nitro benzene ring substituents is 1. The molecule has 142 valence electrons. The Morgan fingerprint density at radius 1 is 1.23 bits per heavy atom. The number of ether oxygens (including phenoxy) is 1. The van der Waals surface area contributed by atoms with Crippen LogP contribution in [0.15, 0.2) is 24.3 Å². The third-order valence-corrected chi connectivity index (χ3v) is 3.87. The molecule has 0 spiro atoms. The van der Waals surface area contributed by atoms with Crippen LogP contribution in [0.5, 0.6) is 0 Å². The van der Waals surface area contributed by atoms with Crippen molar-refractivity contribution in [1.29, 1.82) is 0 Å². The van der Waals surface area contributed by atoms with E-state index in [1.54, 1.807) is 9.80 Å². The van der Waals surface area contributed by atoms with E-state index in [1.807, 2.05) is 27.7 Å². The Bertz CT molecular complexity index is 683. The van der Waals surface area contributed by atoms with Crippen LogP contribution in [-0.2, 0) is 4.74 Å². The van der Waals surface area contributed by atoms with Gasteiger partial charge in [0.2, 0.25) is 0 Å². The normalized spacial score (nSPS) is 17.6. The molecule has 9 heteroatoms. The molecular formula is C17H24N4O5. The fourth-order valence-corrected chi connectivity index (χ4v) is 2.61. The van der Waals surface area contributed by atoms with Crippen molar-refractivity contribution >= 4 is 23.5 Å². The second-order valence-electron chi connectivity index (χ2n) is 7.20. The van der Waals surface area contributed by atoms with E-state index < -0.39 is 10.5 Å². The molecule has 9 nitrogen and oxygen atoms in total. The zero-order chi connectivity index (χ0) is 19.5. The second-order valence-corrected chi connectivity index (χ2v) is 7.20. The molecule has 0 aromatic heterocycles. The first kappa shape index (κ1) is 19.5. The Hall–Kier alpha value is -2.84. The highest BCUT2D eigenvalue weighted by atomic mass is 16.6. The van der Waals surface area contributed by atoms with E-state index in [4.69, 9.17) is 4.74 Å². The van der Waals surface area contributed by atoms with Crippen LogP contribution in [0.1, 0.15) is 27.7 Å². The molecule has 1 atom stereocenters. The first-order valence-electron chi connectivity index (χ1n) is 8.37. The predicted molar refractivity (Wildman–Crippen MR) is 96.1 cm³/mol. The van der Waals surface area contributed by atoms with Crippen molar-refractivity contribution in [1.82, 2.24) is 9.80 Å². The number of amides is 3. The summed E-state index contributed by atoms with van der Waals surface area (Å²) in [5.74, 6) is 0. The average molecular weight is 364 g/mol. The van der Waals surface area contributed by atoms with E-state index in [1.165, 1.54) is 24.3 Å². The smallest absolute Gasteiger partial charge is 0.410 e. The molecule has 1 N–H and O–H groups in total. The van der Waals surface area contributed by atoms with Crippen LogP contribution in [0.3, 0.4) is 0 Å². The summed E-state index contributed by atoms with van der Waals surface area (Å²) in [7, 11) is 0. The van der Waals surface area contributed by atoms with Gasteiger partial charge in [0, 0.05) is 43.5 Å². The van der Waals surface area contributed by atoms with Gasteiger partial charge in [-0.05, 0) is 39.8 Å². The zero-order valence-corrected chi connectivity index (χ0v) is 15.4. The largest absolute Gasteiger partial charge is 0.444 e. The molecule has 1 aliphatic heterocycles. The van der Waals surface area contributed by atoms with Crippen molar-refractivity contribution in [2.24, 2.45) is 0 Å². The number of urea groups is 1. The third-order valence-electron chi connectivity index (χ3n) is 3.87. The Balaban J connectivity index is 1.93. The highest BCUT2D eigenvalue weighted by Gasteiger charge is 2.32. The lowest BCUT2D eigenvalue weighted by atomic mass is 10.2. The summed E-state index contributed by atoms with van der Waals surface area (Å²) in [6.07, 6.45) is -0.389. The fraction of sp³-hybridized carbons (Fsp3) is 0.529. The van der Waals surface area contributed by atoms with Gasteiger partial charge in [0.15, 0.2) is 0 Å². The molecule has 1 unspecified atom stereocenters. The molecule has 1 aromatic rings. The summed E-state index contributed by atoms with van der Waals surface area (Å²) in [5, 5.41) is 13.4. The fourth-order valence-electron chi connectivity index (χ4n) is 2.61. The molecule has 26 heavy (non-hydrogen) atoms. The Morgan fingerprint density at radius 2 is 1.85 bits per heavy atom. The van der Waals surface area contributed by atoms with Gasteiger partial charge in [0.25, 0.3) is 5.69 Å². The van der Waals surface area contributed by atoms with Crippen LogP contribution in [0.25, 0.3) is 0 Å². The SMILES string of the molecule is CC1CN(C(=O)OC(C)(C)C)CCN1C(=O)Nc1ccc([N+](=O)[O-])cc1. The number of carbonyl (C=O) groups is 2. The molecule has 3 amide bonds. The first-order chi connectivity index (χ1) is 12.1. The number of piperazine rings is 1. The van der Waals surface area contributed by atoms with Crippen molar-refractivity contribution in [2.45, 2.75) is 39.3 Å². The number of non-ortho nitro benzene ring substituents is 1. The second kappa shape index (κ2) is 7.59. The lowest BCUT2D eigenvalue weighted by Crippen LogP contribution is -2.57. The summed E-state index contributed by atoms with van der Waals surface area (Å²) in [4.78, 5) is 38.0. The molecule has 0 aliphatic carbocycles. The highest BCUT2D eigenvalue weighted by molar-refractivity contribution is 5.89. The van der Waals surface area contributed by atoms with Crippen molar-refractivity contribution in [3.63, 3.8) is 0 Å². The van der Waals surface area contributed by atoms with Crippen LogP contribution < -0.4 is 5.32 Å². The van der Waals surface area contributed by atoms with Crippen LogP contribution in [-0.4, -0.2) is 58.1 Å². The maximum Gasteiger partial charge on any atom is 0.410 e. The molecule has 1 aromatic carbocycles. The predicted octanol–water partition coefficient (Wildman–Crippen LogP) is 3.07. The number of nitrogens with zero attached hydrogens (tertiary/aromatic N) is 3. The van der Waals surface area contributed by atoms with Crippen LogP contribution >= 0.6 is 0 Å².